The summed E-state index contributed by atoms with van der Waals surface area (Å²) in [6.45, 7) is 0. The maximum Gasteiger partial charge on any atom is 0.164 e. The van der Waals surface area contributed by atoms with E-state index in [9.17, 15) is 8.78 Å². The van der Waals surface area contributed by atoms with Crippen molar-refractivity contribution in [3.8, 4) is 0 Å². The molecule has 0 saturated carbocycles. The Morgan fingerprint density at radius 1 is 1.27 bits per heavy atom. The van der Waals surface area contributed by atoms with Crippen LogP contribution in [0.1, 0.15) is 0 Å². The van der Waals surface area contributed by atoms with E-state index in [0.29, 0.717) is 0 Å². The van der Waals surface area contributed by atoms with Gasteiger partial charge in [0.15, 0.2) is 5.82 Å². The van der Waals surface area contributed by atoms with Crippen molar-refractivity contribution < 1.29 is 8.78 Å². The molecule has 0 unspecified atom stereocenters. The van der Waals surface area contributed by atoms with Crippen LogP contribution in [0.5, 0.6) is 0 Å². The summed E-state index contributed by atoms with van der Waals surface area (Å²) in [6.07, 6.45) is 0. The van der Waals surface area contributed by atoms with Crippen LogP contribution < -0.4 is 5.73 Å². The van der Waals surface area contributed by atoms with Gasteiger partial charge in [-0.25, -0.2) is 8.78 Å². The summed E-state index contributed by atoms with van der Waals surface area (Å²) in [5.41, 5.74) is 5.13. The van der Waals surface area contributed by atoms with Crippen LogP contribution in [0.2, 0.25) is 0 Å². The van der Waals surface area contributed by atoms with Crippen LogP contribution in [0.25, 0.3) is 0 Å². The molecular formula is C6H3Br2F2N. The average molecular weight is 287 g/mol. The highest BCUT2D eigenvalue weighted by Crippen LogP contribution is 2.30. The van der Waals surface area contributed by atoms with Crippen molar-refractivity contribution in [2.45, 2.75) is 0 Å². The van der Waals surface area contributed by atoms with E-state index < -0.39 is 11.6 Å². The van der Waals surface area contributed by atoms with E-state index in [1.165, 1.54) is 0 Å². The Morgan fingerprint density at radius 3 is 2.36 bits per heavy atom. The Morgan fingerprint density at radius 2 is 1.82 bits per heavy atom. The molecule has 0 aliphatic heterocycles. The normalized spacial score (nSPS) is 10.2. The summed E-state index contributed by atoms with van der Waals surface area (Å²) in [7, 11) is 0. The minimum absolute atomic E-state index is 0.0988. The van der Waals surface area contributed by atoms with Crippen LogP contribution in [0, 0.1) is 11.6 Å². The van der Waals surface area contributed by atoms with E-state index in [-0.39, 0.29) is 14.6 Å². The van der Waals surface area contributed by atoms with Gasteiger partial charge in [0.1, 0.15) is 5.82 Å². The lowest BCUT2D eigenvalue weighted by atomic mass is 10.3. The molecule has 5 heteroatoms. The molecule has 1 aromatic carbocycles. The Balaban J connectivity index is 3.46. The van der Waals surface area contributed by atoms with Crippen molar-refractivity contribution in [2.75, 3.05) is 5.73 Å². The fourth-order valence-electron chi connectivity index (χ4n) is 0.580. The van der Waals surface area contributed by atoms with Crippen molar-refractivity contribution in [2.24, 2.45) is 0 Å². The first-order valence-corrected chi connectivity index (χ1v) is 4.21. The molecule has 0 aromatic heterocycles. The predicted octanol–water partition coefficient (Wildman–Crippen LogP) is 3.07. The summed E-state index contributed by atoms with van der Waals surface area (Å²) in [4.78, 5) is 0. The van der Waals surface area contributed by atoms with Crippen LogP contribution >= 0.6 is 31.9 Å². The number of nitrogen functional groups attached to an aromatic ring is 1. The number of halogens is 4. The summed E-state index contributed by atoms with van der Waals surface area (Å²) in [5.74, 6) is -1.46. The van der Waals surface area contributed by atoms with E-state index in [0.717, 1.165) is 6.07 Å². The molecular weight excluding hydrogens is 284 g/mol. The SMILES string of the molecule is Nc1c(Br)cc(F)c(Br)c1F. The molecule has 2 N–H and O–H groups in total. The zero-order valence-corrected chi connectivity index (χ0v) is 8.34. The summed E-state index contributed by atoms with van der Waals surface area (Å²) < 4.78 is 25.4. The molecule has 0 aliphatic rings. The molecule has 0 aliphatic carbocycles. The first-order valence-electron chi connectivity index (χ1n) is 2.62. The van der Waals surface area contributed by atoms with Gasteiger partial charge < -0.3 is 5.73 Å². The Labute approximate surface area is 78.8 Å². The highest BCUT2D eigenvalue weighted by molar-refractivity contribution is 9.11. The zero-order chi connectivity index (χ0) is 8.59. The number of hydrogen-bond acceptors (Lipinski definition) is 1. The Hall–Kier alpha value is -0.160. The molecule has 0 saturated heterocycles. The average Bonchev–Trinajstić information content (AvgIpc) is 1.97. The monoisotopic (exact) mass is 285 g/mol. The van der Waals surface area contributed by atoms with Gasteiger partial charge in [0, 0.05) is 4.47 Å². The minimum Gasteiger partial charge on any atom is -0.395 e. The van der Waals surface area contributed by atoms with Crippen molar-refractivity contribution in [1.82, 2.24) is 0 Å². The molecule has 60 valence electrons. The second kappa shape index (κ2) is 3.06. The predicted molar refractivity (Wildman–Crippen MR) is 46.2 cm³/mol. The Kier molecular flexibility index (Phi) is 2.49. The molecule has 0 atom stereocenters. The zero-order valence-electron chi connectivity index (χ0n) is 5.17. The molecule has 0 fully saturated rings. The third-order valence-corrected chi connectivity index (χ3v) is 2.53. The van der Waals surface area contributed by atoms with Crippen molar-refractivity contribution in [3.05, 3.63) is 26.6 Å². The maximum atomic E-state index is 12.8. The first-order chi connectivity index (χ1) is 5.04. The lowest BCUT2D eigenvalue weighted by Gasteiger charge is -2.02. The molecule has 11 heavy (non-hydrogen) atoms. The number of hydrogen-bond donors (Lipinski definition) is 1. The molecule has 1 nitrogen and oxygen atoms in total. The van der Waals surface area contributed by atoms with Gasteiger partial charge in [-0.2, -0.15) is 0 Å². The third-order valence-electron chi connectivity index (χ3n) is 1.15. The second-order valence-electron chi connectivity index (χ2n) is 1.88. The molecule has 0 bridgehead atoms. The quantitative estimate of drug-likeness (QED) is 0.443. The van der Waals surface area contributed by atoms with Gasteiger partial charge in [-0.3, -0.25) is 0 Å². The van der Waals surface area contributed by atoms with Gasteiger partial charge in [-0.1, -0.05) is 0 Å². The van der Waals surface area contributed by atoms with Crippen LogP contribution in [-0.2, 0) is 0 Å². The van der Waals surface area contributed by atoms with E-state index in [1.807, 2.05) is 0 Å². The lowest BCUT2D eigenvalue weighted by Crippen LogP contribution is -1.95. The molecule has 1 rings (SSSR count). The molecule has 1 aromatic rings. The molecule has 0 heterocycles. The van der Waals surface area contributed by atoms with Crippen molar-refractivity contribution >= 4 is 37.5 Å². The highest BCUT2D eigenvalue weighted by Gasteiger charge is 2.12. The van der Waals surface area contributed by atoms with Gasteiger partial charge in [0.2, 0.25) is 0 Å². The fraction of sp³-hybridized carbons (Fsp3) is 0. The second-order valence-corrected chi connectivity index (χ2v) is 3.53. The smallest absolute Gasteiger partial charge is 0.164 e. The summed E-state index contributed by atoms with van der Waals surface area (Å²) >= 11 is 5.62. The number of nitrogens with two attached hydrogens (primary N) is 1. The standard InChI is InChI=1S/C6H3Br2F2N/c7-2-1-3(9)4(8)5(10)6(2)11/h1H,11H2. The largest absolute Gasteiger partial charge is 0.395 e. The summed E-state index contributed by atoms with van der Waals surface area (Å²) in [6, 6.07) is 1.10. The van der Waals surface area contributed by atoms with Gasteiger partial charge >= 0.3 is 0 Å². The summed E-state index contributed by atoms with van der Waals surface area (Å²) in [5, 5.41) is 0. The van der Waals surface area contributed by atoms with E-state index in [1.54, 1.807) is 0 Å². The van der Waals surface area contributed by atoms with Crippen molar-refractivity contribution in [3.63, 3.8) is 0 Å². The van der Waals surface area contributed by atoms with E-state index in [4.69, 9.17) is 5.73 Å². The first kappa shape index (κ1) is 8.93. The fourth-order valence-corrected chi connectivity index (χ4v) is 1.28. The molecule has 0 radical (unpaired) electrons. The van der Waals surface area contributed by atoms with E-state index in [2.05, 4.69) is 31.9 Å². The number of anilines is 1. The lowest BCUT2D eigenvalue weighted by molar-refractivity contribution is 0.573. The van der Waals surface area contributed by atoms with Crippen LogP contribution in [-0.4, -0.2) is 0 Å². The van der Waals surface area contributed by atoms with Crippen LogP contribution in [0.3, 0.4) is 0 Å². The Bertz CT molecular complexity index is 275. The topological polar surface area (TPSA) is 26.0 Å². The van der Waals surface area contributed by atoms with Gasteiger partial charge in [-0.15, -0.1) is 0 Å². The van der Waals surface area contributed by atoms with Crippen LogP contribution in [0.4, 0.5) is 14.5 Å². The van der Waals surface area contributed by atoms with Gasteiger partial charge in [0.25, 0.3) is 0 Å². The minimum atomic E-state index is -0.781. The highest BCUT2D eigenvalue weighted by atomic mass is 79.9. The number of rotatable bonds is 0. The molecule has 0 amide bonds. The van der Waals surface area contributed by atoms with Gasteiger partial charge in [0.05, 0.1) is 10.2 Å². The maximum absolute atomic E-state index is 12.8. The van der Waals surface area contributed by atoms with Crippen LogP contribution in [0.15, 0.2) is 15.0 Å². The van der Waals surface area contributed by atoms with Crippen molar-refractivity contribution in [1.29, 1.82) is 0 Å². The number of benzene rings is 1. The third kappa shape index (κ3) is 1.54. The van der Waals surface area contributed by atoms with Gasteiger partial charge in [-0.05, 0) is 37.9 Å². The molecule has 0 spiro atoms. The van der Waals surface area contributed by atoms with E-state index >= 15 is 0 Å².